The minimum Gasteiger partial charge on any atom is -0.468 e. The maximum Gasteiger partial charge on any atom is 0.325 e. The van der Waals surface area contributed by atoms with Crippen molar-refractivity contribution in [1.29, 1.82) is 0 Å². The molecule has 1 aromatic heterocycles. The third-order valence-corrected chi connectivity index (χ3v) is 5.62. The highest BCUT2D eigenvalue weighted by atomic mass is 16.5. The van der Waals surface area contributed by atoms with E-state index >= 15 is 0 Å². The van der Waals surface area contributed by atoms with E-state index in [1.807, 2.05) is 66.2 Å². The fourth-order valence-corrected chi connectivity index (χ4v) is 3.95. The number of carbonyl (C=O) groups is 3. The molecule has 0 fully saturated rings. The first-order valence-electron chi connectivity index (χ1n) is 10.8. The van der Waals surface area contributed by atoms with Crippen molar-refractivity contribution >= 4 is 34.4 Å². The molecule has 3 aromatic carbocycles. The molecule has 0 saturated carbocycles. The molecule has 0 aliphatic rings. The summed E-state index contributed by atoms with van der Waals surface area (Å²) in [5.41, 5.74) is 4.76. The summed E-state index contributed by atoms with van der Waals surface area (Å²) in [5, 5.41) is 6.37. The molecule has 0 unspecified atom stereocenters. The first-order chi connectivity index (χ1) is 16.5. The van der Waals surface area contributed by atoms with E-state index in [0.717, 1.165) is 27.7 Å². The monoisotopic (exact) mass is 455 g/mol. The van der Waals surface area contributed by atoms with Crippen LogP contribution in [0.5, 0.6) is 0 Å². The number of nitrogens with zero attached hydrogens (tertiary/aromatic N) is 1. The highest BCUT2D eigenvalue weighted by Gasteiger charge is 2.22. The van der Waals surface area contributed by atoms with Crippen LogP contribution in [0.15, 0.2) is 78.9 Å². The lowest BCUT2D eigenvalue weighted by molar-refractivity contribution is -0.141. The van der Waals surface area contributed by atoms with Crippen molar-refractivity contribution in [3.8, 4) is 11.3 Å². The number of esters is 1. The molecule has 7 nitrogen and oxygen atoms in total. The zero-order chi connectivity index (χ0) is 24.1. The minimum atomic E-state index is -0.505. The van der Waals surface area contributed by atoms with Gasteiger partial charge in [-0.05, 0) is 29.3 Å². The highest BCUT2D eigenvalue weighted by Crippen LogP contribution is 2.33. The predicted molar refractivity (Wildman–Crippen MR) is 131 cm³/mol. The van der Waals surface area contributed by atoms with Crippen molar-refractivity contribution in [3.05, 3.63) is 90.0 Å². The van der Waals surface area contributed by atoms with Gasteiger partial charge < -0.3 is 19.9 Å². The van der Waals surface area contributed by atoms with E-state index in [1.54, 1.807) is 24.3 Å². The molecule has 34 heavy (non-hydrogen) atoms. The number of para-hydroxylation sites is 1. The summed E-state index contributed by atoms with van der Waals surface area (Å²) >= 11 is 0. The lowest BCUT2D eigenvalue weighted by Crippen LogP contribution is -2.31. The molecule has 0 spiro atoms. The number of anilines is 1. The van der Waals surface area contributed by atoms with Gasteiger partial charge in [0.15, 0.2) is 0 Å². The lowest BCUT2D eigenvalue weighted by Gasteiger charge is -2.10. The van der Waals surface area contributed by atoms with Crippen molar-refractivity contribution in [2.45, 2.75) is 6.42 Å². The molecular formula is C27H25N3O4. The normalized spacial score (nSPS) is 10.6. The third kappa shape index (κ3) is 4.83. The Morgan fingerprint density at radius 1 is 0.882 bits per heavy atom. The summed E-state index contributed by atoms with van der Waals surface area (Å²) in [6.07, 6.45) is 0.118. The van der Waals surface area contributed by atoms with Gasteiger partial charge in [0.2, 0.25) is 5.91 Å². The number of fused-ring (bicyclic) bond motifs is 1. The number of ether oxygens (including phenoxy) is 1. The molecule has 7 heteroatoms. The van der Waals surface area contributed by atoms with E-state index in [9.17, 15) is 14.4 Å². The molecule has 1 heterocycles. The van der Waals surface area contributed by atoms with Gasteiger partial charge in [-0.15, -0.1) is 0 Å². The number of nitrogens with one attached hydrogen (secondary N) is 2. The van der Waals surface area contributed by atoms with Crippen LogP contribution in [0, 0.1) is 0 Å². The zero-order valence-electron chi connectivity index (χ0n) is 19.0. The van der Waals surface area contributed by atoms with Crippen LogP contribution in [-0.4, -0.2) is 36.0 Å². The molecule has 0 saturated heterocycles. The molecule has 0 atom stereocenters. The summed E-state index contributed by atoms with van der Waals surface area (Å²) in [6.45, 7) is -0.168. The van der Waals surface area contributed by atoms with Crippen LogP contribution in [-0.2, 0) is 27.8 Å². The molecule has 0 radical (unpaired) electrons. The van der Waals surface area contributed by atoms with E-state index < -0.39 is 5.97 Å². The van der Waals surface area contributed by atoms with Gasteiger partial charge in [0.25, 0.3) is 5.91 Å². The van der Waals surface area contributed by atoms with Crippen LogP contribution in [0.25, 0.3) is 22.2 Å². The van der Waals surface area contributed by atoms with Crippen molar-refractivity contribution in [2.24, 2.45) is 7.05 Å². The van der Waals surface area contributed by atoms with Gasteiger partial charge in [0, 0.05) is 23.6 Å². The molecule has 0 aliphatic carbocycles. The quantitative estimate of drug-likeness (QED) is 0.413. The van der Waals surface area contributed by atoms with Crippen LogP contribution in [0.1, 0.15) is 15.9 Å². The molecule has 0 aliphatic heterocycles. The van der Waals surface area contributed by atoms with Crippen LogP contribution in [0.4, 0.5) is 5.69 Å². The van der Waals surface area contributed by atoms with Gasteiger partial charge in [0.1, 0.15) is 6.54 Å². The van der Waals surface area contributed by atoms with Gasteiger partial charge in [0.05, 0.1) is 24.8 Å². The Kier molecular flexibility index (Phi) is 6.73. The standard InChI is InChI=1S/C27H25N3O4/c1-30-22-11-7-6-10-21(22)25(26(30)19-8-4-3-5-9-19)27(33)29-20-14-12-18(13-15-20)16-23(31)28-17-24(32)34-2/h3-15H,16-17H2,1-2H3,(H,28,31)(H,29,33). The zero-order valence-corrected chi connectivity index (χ0v) is 19.0. The van der Waals surface area contributed by atoms with E-state index in [-0.39, 0.29) is 24.8 Å². The second-order valence-electron chi connectivity index (χ2n) is 7.85. The predicted octanol–water partition coefficient (Wildman–Crippen LogP) is 3.93. The topological polar surface area (TPSA) is 89.4 Å². The van der Waals surface area contributed by atoms with Crippen LogP contribution < -0.4 is 10.6 Å². The van der Waals surface area contributed by atoms with Gasteiger partial charge in [-0.25, -0.2) is 0 Å². The number of rotatable bonds is 7. The number of hydrogen-bond donors (Lipinski definition) is 2. The fraction of sp³-hybridized carbons (Fsp3) is 0.148. The maximum absolute atomic E-state index is 13.4. The summed E-state index contributed by atoms with van der Waals surface area (Å²) in [4.78, 5) is 36.6. The Hall–Kier alpha value is -4.39. The van der Waals surface area contributed by atoms with Gasteiger partial charge >= 0.3 is 5.97 Å². The molecule has 2 N–H and O–H groups in total. The van der Waals surface area contributed by atoms with E-state index in [0.29, 0.717) is 11.3 Å². The maximum atomic E-state index is 13.4. The number of hydrogen-bond acceptors (Lipinski definition) is 4. The van der Waals surface area contributed by atoms with Gasteiger partial charge in [-0.2, -0.15) is 0 Å². The van der Waals surface area contributed by atoms with E-state index in [4.69, 9.17) is 0 Å². The van der Waals surface area contributed by atoms with E-state index in [2.05, 4.69) is 15.4 Å². The van der Waals surface area contributed by atoms with E-state index in [1.165, 1.54) is 7.11 Å². The van der Waals surface area contributed by atoms with Crippen molar-refractivity contribution < 1.29 is 19.1 Å². The molecule has 4 rings (SSSR count). The lowest BCUT2D eigenvalue weighted by atomic mass is 10.0. The van der Waals surface area contributed by atoms with Crippen molar-refractivity contribution in [3.63, 3.8) is 0 Å². The van der Waals surface area contributed by atoms with Crippen LogP contribution in [0.3, 0.4) is 0 Å². The Bertz CT molecular complexity index is 1340. The Balaban J connectivity index is 1.55. The van der Waals surface area contributed by atoms with Crippen molar-refractivity contribution in [2.75, 3.05) is 19.0 Å². The summed E-state index contributed by atoms with van der Waals surface area (Å²) in [5.74, 6) is -1.00. The first kappa shape index (κ1) is 22.8. The second-order valence-corrected chi connectivity index (χ2v) is 7.85. The average Bonchev–Trinajstić information content (AvgIpc) is 3.17. The molecule has 0 bridgehead atoms. The number of aromatic nitrogens is 1. The Morgan fingerprint density at radius 3 is 2.26 bits per heavy atom. The van der Waals surface area contributed by atoms with Crippen molar-refractivity contribution in [1.82, 2.24) is 9.88 Å². The molecule has 4 aromatic rings. The van der Waals surface area contributed by atoms with Crippen LogP contribution >= 0.6 is 0 Å². The Morgan fingerprint density at radius 2 is 1.56 bits per heavy atom. The average molecular weight is 456 g/mol. The number of aryl methyl sites for hydroxylation is 1. The number of benzene rings is 3. The smallest absolute Gasteiger partial charge is 0.325 e. The van der Waals surface area contributed by atoms with Gasteiger partial charge in [-0.3, -0.25) is 14.4 Å². The fourth-order valence-electron chi connectivity index (χ4n) is 3.95. The summed E-state index contributed by atoms with van der Waals surface area (Å²) in [7, 11) is 3.23. The van der Waals surface area contributed by atoms with Crippen LogP contribution in [0.2, 0.25) is 0 Å². The number of carbonyl (C=O) groups excluding carboxylic acids is 3. The SMILES string of the molecule is COC(=O)CNC(=O)Cc1ccc(NC(=O)c2c(-c3ccccc3)n(C)c3ccccc23)cc1. The first-order valence-corrected chi connectivity index (χ1v) is 10.8. The second kappa shape index (κ2) is 10.0. The summed E-state index contributed by atoms with van der Waals surface area (Å²) < 4.78 is 6.55. The summed E-state index contributed by atoms with van der Waals surface area (Å²) in [6, 6.07) is 24.7. The largest absolute Gasteiger partial charge is 0.468 e. The highest BCUT2D eigenvalue weighted by molar-refractivity contribution is 6.17. The molecule has 2 amide bonds. The molecule has 172 valence electrons. The minimum absolute atomic E-state index is 0.118. The third-order valence-electron chi connectivity index (χ3n) is 5.62. The number of amides is 2. The Labute approximate surface area is 197 Å². The number of methoxy groups -OCH3 is 1. The molecular weight excluding hydrogens is 430 g/mol. The van der Waals surface area contributed by atoms with Gasteiger partial charge in [-0.1, -0.05) is 60.7 Å².